The Bertz CT molecular complexity index is 1730. The van der Waals surface area contributed by atoms with Crippen LogP contribution in [0.3, 0.4) is 0 Å². The molecule has 10 heteroatoms. The SMILES string of the molecule is Cc1ccc(S(=O)(=O)N(C)c2ccccc2C(=O)Nc2ccc(S(=O)(=O)Nc3ccc(C)c(C)c3)cc2)cc1. The van der Waals surface area contributed by atoms with Gasteiger partial charge in [-0.1, -0.05) is 35.9 Å². The first-order chi connectivity index (χ1) is 18.4. The minimum absolute atomic E-state index is 0.0306. The number of amides is 1. The first kappa shape index (κ1) is 27.9. The van der Waals surface area contributed by atoms with Gasteiger partial charge in [-0.2, -0.15) is 0 Å². The number of para-hydroxylation sites is 1. The summed E-state index contributed by atoms with van der Waals surface area (Å²) in [5.74, 6) is -0.541. The van der Waals surface area contributed by atoms with E-state index in [-0.39, 0.29) is 21.0 Å². The van der Waals surface area contributed by atoms with E-state index in [9.17, 15) is 21.6 Å². The van der Waals surface area contributed by atoms with E-state index in [4.69, 9.17) is 0 Å². The average molecular weight is 564 g/mol. The number of benzene rings is 4. The van der Waals surface area contributed by atoms with Crippen LogP contribution in [0.25, 0.3) is 0 Å². The van der Waals surface area contributed by atoms with E-state index in [1.807, 2.05) is 26.8 Å². The van der Waals surface area contributed by atoms with Crippen molar-refractivity contribution in [1.29, 1.82) is 0 Å². The van der Waals surface area contributed by atoms with Crippen LogP contribution in [-0.2, 0) is 20.0 Å². The van der Waals surface area contributed by atoms with Crippen molar-refractivity contribution in [3.63, 3.8) is 0 Å². The van der Waals surface area contributed by atoms with Crippen LogP contribution in [0, 0.1) is 20.8 Å². The molecule has 0 heterocycles. The van der Waals surface area contributed by atoms with Crippen molar-refractivity contribution in [2.45, 2.75) is 30.6 Å². The Hall–Kier alpha value is -4.15. The van der Waals surface area contributed by atoms with E-state index in [0.29, 0.717) is 11.4 Å². The van der Waals surface area contributed by atoms with Gasteiger partial charge in [0, 0.05) is 18.4 Å². The van der Waals surface area contributed by atoms with Gasteiger partial charge >= 0.3 is 0 Å². The van der Waals surface area contributed by atoms with E-state index >= 15 is 0 Å². The van der Waals surface area contributed by atoms with Gasteiger partial charge in [0.05, 0.1) is 21.0 Å². The molecule has 0 bridgehead atoms. The maximum Gasteiger partial charge on any atom is 0.264 e. The fraction of sp³-hybridized carbons (Fsp3) is 0.138. The molecule has 0 aliphatic carbocycles. The summed E-state index contributed by atoms with van der Waals surface area (Å²) in [4.78, 5) is 13.3. The maximum absolute atomic E-state index is 13.2. The molecule has 0 aliphatic rings. The number of nitrogens with zero attached hydrogens (tertiary/aromatic N) is 1. The molecule has 4 rings (SSSR count). The fourth-order valence-corrected chi connectivity index (χ4v) is 6.14. The third kappa shape index (κ3) is 6.13. The predicted molar refractivity (Wildman–Crippen MR) is 154 cm³/mol. The summed E-state index contributed by atoms with van der Waals surface area (Å²) in [5.41, 5.74) is 4.09. The van der Waals surface area contributed by atoms with Crippen molar-refractivity contribution < 1.29 is 21.6 Å². The van der Waals surface area contributed by atoms with Crippen LogP contribution in [0.2, 0.25) is 0 Å². The molecule has 0 aliphatic heterocycles. The Morgan fingerprint density at radius 1 is 0.692 bits per heavy atom. The van der Waals surface area contributed by atoms with Gasteiger partial charge in [-0.15, -0.1) is 0 Å². The average Bonchev–Trinajstić information content (AvgIpc) is 2.90. The molecule has 0 radical (unpaired) electrons. The Labute approximate surface area is 229 Å². The lowest BCUT2D eigenvalue weighted by Crippen LogP contribution is -2.29. The zero-order chi connectivity index (χ0) is 28.4. The number of aryl methyl sites for hydroxylation is 3. The summed E-state index contributed by atoms with van der Waals surface area (Å²) in [7, 11) is -6.36. The van der Waals surface area contributed by atoms with Crippen LogP contribution in [0.4, 0.5) is 17.1 Å². The summed E-state index contributed by atoms with van der Waals surface area (Å²) < 4.78 is 55.7. The molecule has 0 aromatic heterocycles. The number of nitrogens with one attached hydrogen (secondary N) is 2. The third-order valence-corrected chi connectivity index (χ3v) is 9.53. The fourth-order valence-electron chi connectivity index (χ4n) is 3.87. The predicted octanol–water partition coefficient (Wildman–Crippen LogP) is 5.49. The topological polar surface area (TPSA) is 113 Å². The van der Waals surface area contributed by atoms with Gasteiger partial charge in [0.25, 0.3) is 26.0 Å². The first-order valence-corrected chi connectivity index (χ1v) is 15.0. The second-order valence-electron chi connectivity index (χ2n) is 9.19. The van der Waals surface area contributed by atoms with Crippen molar-refractivity contribution in [2.24, 2.45) is 0 Å². The van der Waals surface area contributed by atoms with E-state index in [1.165, 1.54) is 49.5 Å². The molecule has 0 atom stereocenters. The number of carbonyl (C=O) groups excluding carboxylic acids is 1. The van der Waals surface area contributed by atoms with E-state index in [1.54, 1.807) is 42.5 Å². The highest BCUT2D eigenvalue weighted by molar-refractivity contribution is 7.93. The van der Waals surface area contributed by atoms with Crippen LogP contribution >= 0.6 is 0 Å². The number of sulfonamides is 2. The Morgan fingerprint density at radius 3 is 1.92 bits per heavy atom. The summed E-state index contributed by atoms with van der Waals surface area (Å²) in [5, 5.41) is 2.72. The van der Waals surface area contributed by atoms with E-state index < -0.39 is 26.0 Å². The molecule has 39 heavy (non-hydrogen) atoms. The quantitative estimate of drug-likeness (QED) is 0.294. The van der Waals surface area contributed by atoms with E-state index in [0.717, 1.165) is 21.0 Å². The maximum atomic E-state index is 13.2. The van der Waals surface area contributed by atoms with Crippen LogP contribution in [0.5, 0.6) is 0 Å². The van der Waals surface area contributed by atoms with Gasteiger partial charge in [0.15, 0.2) is 0 Å². The summed E-state index contributed by atoms with van der Waals surface area (Å²) in [6.07, 6.45) is 0. The lowest BCUT2D eigenvalue weighted by molar-refractivity contribution is 0.102. The van der Waals surface area contributed by atoms with Gasteiger partial charge in [0.2, 0.25) is 0 Å². The first-order valence-electron chi connectivity index (χ1n) is 12.0. The number of hydrogen-bond acceptors (Lipinski definition) is 5. The molecular formula is C29H29N3O5S2. The summed E-state index contributed by atoms with van der Waals surface area (Å²) in [6, 6.07) is 23.8. The van der Waals surface area contributed by atoms with Crippen molar-refractivity contribution in [3.8, 4) is 0 Å². The normalized spacial score (nSPS) is 11.6. The molecule has 0 unspecified atom stereocenters. The van der Waals surface area contributed by atoms with Gasteiger partial charge in [-0.25, -0.2) is 16.8 Å². The zero-order valence-corrected chi connectivity index (χ0v) is 23.6. The van der Waals surface area contributed by atoms with Crippen molar-refractivity contribution in [3.05, 3.63) is 113 Å². The molecule has 202 valence electrons. The van der Waals surface area contributed by atoms with Crippen LogP contribution in [0.1, 0.15) is 27.0 Å². The lowest BCUT2D eigenvalue weighted by Gasteiger charge is -2.22. The molecule has 1 amide bonds. The summed E-state index contributed by atoms with van der Waals surface area (Å²) in [6.45, 7) is 5.71. The monoisotopic (exact) mass is 563 g/mol. The molecule has 0 saturated heterocycles. The van der Waals surface area contributed by atoms with Gasteiger partial charge in [-0.05, 0) is 92.6 Å². The second-order valence-corrected chi connectivity index (χ2v) is 12.8. The minimum atomic E-state index is -3.91. The molecule has 8 nitrogen and oxygen atoms in total. The molecule has 4 aromatic rings. The molecule has 0 spiro atoms. The highest BCUT2D eigenvalue weighted by atomic mass is 32.2. The highest BCUT2D eigenvalue weighted by Crippen LogP contribution is 2.27. The third-order valence-electron chi connectivity index (χ3n) is 6.35. The Kier molecular flexibility index (Phi) is 7.80. The van der Waals surface area contributed by atoms with Crippen molar-refractivity contribution in [2.75, 3.05) is 21.4 Å². The van der Waals surface area contributed by atoms with Gasteiger partial charge in [-0.3, -0.25) is 13.8 Å². The largest absolute Gasteiger partial charge is 0.322 e. The zero-order valence-electron chi connectivity index (χ0n) is 22.0. The van der Waals surface area contributed by atoms with Crippen LogP contribution < -0.4 is 14.3 Å². The minimum Gasteiger partial charge on any atom is -0.322 e. The Balaban J connectivity index is 1.53. The Morgan fingerprint density at radius 2 is 1.28 bits per heavy atom. The van der Waals surface area contributed by atoms with E-state index in [2.05, 4.69) is 10.0 Å². The van der Waals surface area contributed by atoms with Crippen molar-refractivity contribution in [1.82, 2.24) is 0 Å². The molecule has 0 fully saturated rings. The number of anilines is 3. The lowest BCUT2D eigenvalue weighted by atomic mass is 10.1. The smallest absolute Gasteiger partial charge is 0.264 e. The number of carbonyl (C=O) groups is 1. The number of rotatable bonds is 8. The second kappa shape index (κ2) is 10.9. The molecule has 4 aromatic carbocycles. The van der Waals surface area contributed by atoms with Gasteiger partial charge in [0.1, 0.15) is 0 Å². The standard InChI is InChI=1S/C29H29N3O5S2/c1-20-9-15-26(16-10-20)39(36,37)32(4)28-8-6-5-7-27(28)29(33)30-23-13-17-25(18-14-23)38(34,35)31-24-12-11-21(2)22(3)19-24/h5-19,31H,1-4H3,(H,30,33). The molecule has 2 N–H and O–H groups in total. The highest BCUT2D eigenvalue weighted by Gasteiger charge is 2.25. The molecular weight excluding hydrogens is 534 g/mol. The van der Waals surface area contributed by atoms with Gasteiger partial charge < -0.3 is 5.32 Å². The van der Waals surface area contributed by atoms with Crippen LogP contribution in [0.15, 0.2) is 101 Å². The van der Waals surface area contributed by atoms with Crippen molar-refractivity contribution >= 4 is 43.0 Å². The summed E-state index contributed by atoms with van der Waals surface area (Å²) >= 11 is 0. The molecule has 0 saturated carbocycles. The number of hydrogen-bond donors (Lipinski definition) is 2. The van der Waals surface area contributed by atoms with Crippen LogP contribution in [-0.4, -0.2) is 29.8 Å².